The fraction of sp³-hybridized carbons (Fsp3) is 1.00. The van der Waals surface area contributed by atoms with Crippen molar-refractivity contribution >= 4 is 9.84 Å². The van der Waals surface area contributed by atoms with Crippen molar-refractivity contribution in [3.8, 4) is 0 Å². The minimum Gasteiger partial charge on any atom is -0.396 e. The maximum absolute atomic E-state index is 11.3. The molecule has 1 heterocycles. The molecule has 1 N–H and O–H groups in total. The van der Waals surface area contributed by atoms with Gasteiger partial charge in [-0.2, -0.15) is 0 Å². The fourth-order valence-corrected chi connectivity index (χ4v) is 4.50. The fourth-order valence-electron chi connectivity index (χ4n) is 2.40. The Morgan fingerprint density at radius 2 is 2.25 bits per heavy atom. The van der Waals surface area contributed by atoms with E-state index in [-0.39, 0.29) is 17.9 Å². The van der Waals surface area contributed by atoms with Gasteiger partial charge in [0.25, 0.3) is 0 Å². The van der Waals surface area contributed by atoms with Crippen molar-refractivity contribution in [3.63, 3.8) is 0 Å². The van der Waals surface area contributed by atoms with Crippen LogP contribution in [0.4, 0.5) is 0 Å². The van der Waals surface area contributed by atoms with Gasteiger partial charge in [-0.05, 0) is 30.6 Å². The van der Waals surface area contributed by atoms with E-state index >= 15 is 0 Å². The molecule has 0 aromatic rings. The Hall–Kier alpha value is -0.0900. The first-order chi connectivity index (χ1) is 5.58. The Balaban J connectivity index is 2.11. The number of hydrogen-bond acceptors (Lipinski definition) is 3. The maximum atomic E-state index is 11.3. The molecule has 2 aliphatic rings. The molecule has 2 rings (SSSR count). The van der Waals surface area contributed by atoms with Crippen molar-refractivity contribution in [1.29, 1.82) is 0 Å². The van der Waals surface area contributed by atoms with E-state index < -0.39 is 9.84 Å². The first kappa shape index (κ1) is 8.51. The van der Waals surface area contributed by atoms with Crippen molar-refractivity contribution in [2.45, 2.75) is 19.3 Å². The van der Waals surface area contributed by atoms with Gasteiger partial charge >= 0.3 is 0 Å². The van der Waals surface area contributed by atoms with Crippen LogP contribution in [0.5, 0.6) is 0 Å². The predicted molar refractivity (Wildman–Crippen MR) is 45.5 cm³/mol. The second kappa shape index (κ2) is 2.45. The minimum atomic E-state index is -2.78. The van der Waals surface area contributed by atoms with Crippen LogP contribution in [0.15, 0.2) is 0 Å². The highest BCUT2D eigenvalue weighted by atomic mass is 32.2. The van der Waals surface area contributed by atoms with Crippen molar-refractivity contribution in [3.05, 3.63) is 0 Å². The van der Waals surface area contributed by atoms with Gasteiger partial charge in [0.2, 0.25) is 0 Å². The lowest BCUT2D eigenvalue weighted by atomic mass is 10.00. The van der Waals surface area contributed by atoms with E-state index in [1.165, 1.54) is 0 Å². The summed E-state index contributed by atoms with van der Waals surface area (Å²) in [6, 6.07) is 0. The van der Waals surface area contributed by atoms with Crippen molar-refractivity contribution < 1.29 is 13.5 Å². The molecule has 2 unspecified atom stereocenters. The molecule has 12 heavy (non-hydrogen) atoms. The average molecular weight is 190 g/mol. The number of rotatable bonds is 1. The quantitative estimate of drug-likeness (QED) is 0.642. The first-order valence-electron chi connectivity index (χ1n) is 4.39. The Bertz CT molecular complexity index is 283. The zero-order valence-corrected chi connectivity index (χ0v) is 7.81. The molecular weight excluding hydrogens is 176 g/mol. The van der Waals surface area contributed by atoms with Gasteiger partial charge in [-0.15, -0.1) is 0 Å². The zero-order chi connectivity index (χ0) is 8.82. The highest BCUT2D eigenvalue weighted by molar-refractivity contribution is 7.91. The van der Waals surface area contributed by atoms with Gasteiger partial charge < -0.3 is 5.11 Å². The summed E-state index contributed by atoms with van der Waals surface area (Å²) in [6.07, 6.45) is 2.71. The second-order valence-corrected chi connectivity index (χ2v) is 6.33. The van der Waals surface area contributed by atoms with E-state index in [0.29, 0.717) is 11.5 Å². The monoisotopic (exact) mass is 190 g/mol. The summed E-state index contributed by atoms with van der Waals surface area (Å²) >= 11 is 0. The van der Waals surface area contributed by atoms with Gasteiger partial charge in [-0.25, -0.2) is 8.42 Å². The third-order valence-electron chi connectivity index (χ3n) is 3.22. The van der Waals surface area contributed by atoms with Crippen LogP contribution in [-0.2, 0) is 9.84 Å². The first-order valence-corrected chi connectivity index (χ1v) is 6.21. The molecule has 1 spiro atoms. The third kappa shape index (κ3) is 1.27. The summed E-state index contributed by atoms with van der Waals surface area (Å²) in [5.74, 6) is 0.950. The van der Waals surface area contributed by atoms with E-state index in [4.69, 9.17) is 5.11 Å². The molecule has 1 aliphatic carbocycles. The van der Waals surface area contributed by atoms with E-state index in [1.807, 2.05) is 0 Å². The molecule has 1 saturated heterocycles. The second-order valence-electron chi connectivity index (χ2n) is 4.14. The molecule has 4 heteroatoms. The van der Waals surface area contributed by atoms with Gasteiger partial charge in [0.05, 0.1) is 11.5 Å². The predicted octanol–water partition coefficient (Wildman–Crippen LogP) is 0.194. The van der Waals surface area contributed by atoms with Crippen LogP contribution in [0.25, 0.3) is 0 Å². The Labute approximate surface area is 72.7 Å². The minimum absolute atomic E-state index is 0.00810. The Morgan fingerprint density at radius 1 is 1.50 bits per heavy atom. The van der Waals surface area contributed by atoms with E-state index in [2.05, 4.69) is 0 Å². The van der Waals surface area contributed by atoms with Gasteiger partial charge in [0, 0.05) is 6.61 Å². The average Bonchev–Trinajstić information content (AvgIpc) is 2.60. The van der Waals surface area contributed by atoms with Crippen LogP contribution in [0, 0.1) is 11.3 Å². The SMILES string of the molecule is O=S1(=O)CCCC2(CC2CO)C1. The normalized spacial score (nSPS) is 44.6. The number of hydrogen-bond donors (Lipinski definition) is 1. The molecule has 70 valence electrons. The smallest absolute Gasteiger partial charge is 0.150 e. The van der Waals surface area contributed by atoms with Crippen LogP contribution < -0.4 is 0 Å². The molecule has 0 radical (unpaired) electrons. The van der Waals surface area contributed by atoms with E-state index in [9.17, 15) is 8.42 Å². The molecule has 2 atom stereocenters. The van der Waals surface area contributed by atoms with Crippen molar-refractivity contribution in [2.24, 2.45) is 11.3 Å². The van der Waals surface area contributed by atoms with Crippen LogP contribution in [0.3, 0.4) is 0 Å². The maximum Gasteiger partial charge on any atom is 0.150 e. The summed E-state index contributed by atoms with van der Waals surface area (Å²) in [5, 5.41) is 8.90. The van der Waals surface area contributed by atoms with Crippen molar-refractivity contribution in [1.82, 2.24) is 0 Å². The zero-order valence-electron chi connectivity index (χ0n) is 6.99. The highest BCUT2D eigenvalue weighted by Gasteiger charge is 2.56. The highest BCUT2D eigenvalue weighted by Crippen LogP contribution is 2.58. The molecule has 0 bridgehead atoms. The van der Waals surface area contributed by atoms with Gasteiger partial charge in [0.15, 0.2) is 9.84 Å². The molecule has 2 fully saturated rings. The Kier molecular flexibility index (Phi) is 1.74. The van der Waals surface area contributed by atoms with Crippen LogP contribution in [0.2, 0.25) is 0 Å². The van der Waals surface area contributed by atoms with Gasteiger partial charge in [0.1, 0.15) is 0 Å². The lowest BCUT2D eigenvalue weighted by Crippen LogP contribution is -2.28. The van der Waals surface area contributed by atoms with Gasteiger partial charge in [-0.3, -0.25) is 0 Å². The van der Waals surface area contributed by atoms with Crippen LogP contribution >= 0.6 is 0 Å². The molecule has 3 nitrogen and oxygen atoms in total. The number of sulfone groups is 1. The molecule has 0 aromatic heterocycles. The number of aliphatic hydroxyl groups is 1. The van der Waals surface area contributed by atoms with Crippen LogP contribution in [0.1, 0.15) is 19.3 Å². The largest absolute Gasteiger partial charge is 0.396 e. The standard InChI is InChI=1S/C8H14O3S/c9-5-7-4-8(7)2-1-3-12(10,11)6-8/h7,9H,1-6H2. The summed E-state index contributed by atoms with van der Waals surface area (Å²) in [4.78, 5) is 0. The van der Waals surface area contributed by atoms with Crippen LogP contribution in [-0.4, -0.2) is 31.6 Å². The summed E-state index contributed by atoms with van der Waals surface area (Å²) in [7, 11) is -2.78. The molecule has 1 saturated carbocycles. The summed E-state index contributed by atoms with van der Waals surface area (Å²) < 4.78 is 22.6. The molecule has 1 aliphatic heterocycles. The lowest BCUT2D eigenvalue weighted by Gasteiger charge is -2.22. The van der Waals surface area contributed by atoms with E-state index in [0.717, 1.165) is 19.3 Å². The molecule has 0 aromatic carbocycles. The third-order valence-corrected chi connectivity index (χ3v) is 5.14. The Morgan fingerprint density at radius 3 is 2.75 bits per heavy atom. The number of aliphatic hydroxyl groups excluding tert-OH is 1. The summed E-state index contributed by atoms with van der Waals surface area (Å²) in [6.45, 7) is 0.162. The lowest BCUT2D eigenvalue weighted by molar-refractivity contribution is 0.248. The summed E-state index contributed by atoms with van der Waals surface area (Å²) in [5.41, 5.74) is -0.00810. The van der Waals surface area contributed by atoms with Gasteiger partial charge in [-0.1, -0.05) is 0 Å². The van der Waals surface area contributed by atoms with Crippen molar-refractivity contribution in [2.75, 3.05) is 18.1 Å². The van der Waals surface area contributed by atoms with E-state index in [1.54, 1.807) is 0 Å². The topological polar surface area (TPSA) is 54.4 Å². The molecule has 0 amide bonds. The molecular formula is C8H14O3S.